The van der Waals surface area contributed by atoms with Crippen LogP contribution in [0.25, 0.3) is 21.3 Å². The first-order chi connectivity index (χ1) is 12.7. The van der Waals surface area contributed by atoms with Crippen LogP contribution in [0.1, 0.15) is 0 Å². The lowest BCUT2D eigenvalue weighted by Crippen LogP contribution is -2.07. The first-order valence-corrected chi connectivity index (χ1v) is 9.91. The van der Waals surface area contributed by atoms with Gasteiger partial charge in [-0.25, -0.2) is 19.3 Å². The quantitative estimate of drug-likeness (QED) is 0.393. The summed E-state index contributed by atoms with van der Waals surface area (Å²) in [5.41, 5.74) is 1.97. The van der Waals surface area contributed by atoms with E-state index in [2.05, 4.69) is 20.3 Å². The van der Waals surface area contributed by atoms with Crippen molar-refractivity contribution in [2.45, 2.75) is 5.16 Å². The molecule has 0 radical (unpaired) electrons. The zero-order valence-corrected chi connectivity index (χ0v) is 15.6. The third-order valence-corrected chi connectivity index (χ3v) is 5.87. The first kappa shape index (κ1) is 17.0. The molecule has 4 rings (SSSR count). The highest BCUT2D eigenvalue weighted by molar-refractivity contribution is 7.99. The second-order valence-electron chi connectivity index (χ2n) is 5.65. The third kappa shape index (κ3) is 3.42. The van der Waals surface area contributed by atoms with E-state index in [1.807, 2.05) is 23.2 Å². The van der Waals surface area contributed by atoms with Gasteiger partial charge in [-0.2, -0.15) is 0 Å². The lowest BCUT2D eigenvalue weighted by molar-refractivity contribution is 0.628. The molecule has 1 aromatic carbocycles. The lowest BCUT2D eigenvalue weighted by atomic mass is 10.1. The Labute approximate surface area is 158 Å². The maximum atomic E-state index is 13.2. The van der Waals surface area contributed by atoms with Gasteiger partial charge in [-0.1, -0.05) is 23.9 Å². The molecule has 8 heteroatoms. The van der Waals surface area contributed by atoms with Gasteiger partial charge >= 0.3 is 0 Å². The van der Waals surface area contributed by atoms with Crippen molar-refractivity contribution < 1.29 is 4.39 Å². The van der Waals surface area contributed by atoms with Crippen LogP contribution in [-0.2, 0) is 7.05 Å². The molecular weight excluding hydrogens is 369 g/mol. The Morgan fingerprint density at radius 1 is 1.19 bits per heavy atom. The van der Waals surface area contributed by atoms with Crippen LogP contribution in [0.2, 0.25) is 0 Å². The van der Waals surface area contributed by atoms with E-state index in [9.17, 15) is 4.39 Å². The zero-order chi connectivity index (χ0) is 17.9. The van der Waals surface area contributed by atoms with Crippen molar-refractivity contribution in [3.8, 4) is 11.1 Å². The van der Waals surface area contributed by atoms with Crippen molar-refractivity contribution in [3.63, 3.8) is 0 Å². The summed E-state index contributed by atoms with van der Waals surface area (Å²) >= 11 is 3.25. The van der Waals surface area contributed by atoms with Crippen LogP contribution >= 0.6 is 23.1 Å². The molecule has 4 aromatic rings. The number of nitrogens with one attached hydrogen (secondary N) is 1. The number of fused-ring (bicyclic) bond motifs is 1. The number of imidazole rings is 1. The van der Waals surface area contributed by atoms with Gasteiger partial charge in [-0.15, -0.1) is 11.3 Å². The number of nitrogens with zero attached hydrogens (tertiary/aromatic N) is 4. The van der Waals surface area contributed by atoms with Gasteiger partial charge in [0, 0.05) is 42.7 Å². The minimum absolute atomic E-state index is 0.241. The van der Waals surface area contributed by atoms with Crippen LogP contribution in [0.3, 0.4) is 0 Å². The van der Waals surface area contributed by atoms with Gasteiger partial charge in [0.1, 0.15) is 22.8 Å². The molecule has 26 heavy (non-hydrogen) atoms. The number of thioether (sulfide) groups is 1. The molecule has 0 amide bonds. The Hall–Kier alpha value is -2.45. The minimum atomic E-state index is -0.241. The average Bonchev–Trinajstić information content (AvgIpc) is 3.26. The largest absolute Gasteiger partial charge is 0.369 e. The van der Waals surface area contributed by atoms with Crippen molar-refractivity contribution in [2.24, 2.45) is 7.05 Å². The SMILES string of the molecule is Cn1ccnc1SCCNc1ncnc2scc(-c3ccc(F)cc3)c12. The number of anilines is 1. The van der Waals surface area contributed by atoms with Crippen molar-refractivity contribution in [1.29, 1.82) is 0 Å². The van der Waals surface area contributed by atoms with Gasteiger partial charge in [0.2, 0.25) is 0 Å². The van der Waals surface area contributed by atoms with E-state index in [-0.39, 0.29) is 5.82 Å². The van der Waals surface area contributed by atoms with E-state index in [4.69, 9.17) is 0 Å². The predicted octanol–water partition coefficient (Wildman–Crippen LogP) is 4.44. The number of halogens is 1. The number of aryl methyl sites for hydroxylation is 1. The minimum Gasteiger partial charge on any atom is -0.369 e. The summed E-state index contributed by atoms with van der Waals surface area (Å²) in [5, 5.41) is 7.41. The first-order valence-electron chi connectivity index (χ1n) is 8.04. The highest BCUT2D eigenvalue weighted by atomic mass is 32.2. The molecule has 0 bridgehead atoms. The van der Waals surface area contributed by atoms with Crippen LogP contribution in [-0.4, -0.2) is 31.8 Å². The Bertz CT molecular complexity index is 1030. The molecule has 0 atom stereocenters. The van der Waals surface area contributed by atoms with Crippen molar-refractivity contribution in [1.82, 2.24) is 19.5 Å². The molecule has 132 valence electrons. The summed E-state index contributed by atoms with van der Waals surface area (Å²) in [6.07, 6.45) is 5.30. The number of hydrogen-bond acceptors (Lipinski definition) is 6. The van der Waals surface area contributed by atoms with Crippen LogP contribution in [0.4, 0.5) is 10.2 Å². The highest BCUT2D eigenvalue weighted by Crippen LogP contribution is 2.36. The molecule has 0 saturated heterocycles. The monoisotopic (exact) mass is 385 g/mol. The van der Waals surface area contributed by atoms with E-state index >= 15 is 0 Å². The maximum Gasteiger partial charge on any atom is 0.167 e. The fraction of sp³-hybridized carbons (Fsp3) is 0.167. The molecule has 3 heterocycles. The van der Waals surface area contributed by atoms with Crippen LogP contribution in [0, 0.1) is 5.82 Å². The second-order valence-corrected chi connectivity index (χ2v) is 7.57. The molecule has 3 aromatic heterocycles. The van der Waals surface area contributed by atoms with Gasteiger partial charge in [0.15, 0.2) is 5.16 Å². The lowest BCUT2D eigenvalue weighted by Gasteiger charge is -2.08. The summed E-state index contributed by atoms with van der Waals surface area (Å²) in [4.78, 5) is 14.0. The van der Waals surface area contributed by atoms with Gasteiger partial charge in [-0.3, -0.25) is 0 Å². The number of rotatable bonds is 6. The molecule has 1 N–H and O–H groups in total. The Kier molecular flexibility index (Phi) is 4.85. The summed E-state index contributed by atoms with van der Waals surface area (Å²) in [5.74, 6) is 1.43. The van der Waals surface area contributed by atoms with Gasteiger partial charge < -0.3 is 9.88 Å². The molecule has 0 fully saturated rings. The number of aromatic nitrogens is 4. The van der Waals surface area contributed by atoms with Crippen molar-refractivity contribution in [2.75, 3.05) is 17.6 Å². The van der Waals surface area contributed by atoms with E-state index < -0.39 is 0 Å². The number of hydrogen-bond donors (Lipinski definition) is 1. The smallest absolute Gasteiger partial charge is 0.167 e. The zero-order valence-electron chi connectivity index (χ0n) is 14.0. The standard InChI is InChI=1S/C18H16FN5S2/c1-24-8-6-21-18(24)25-9-7-20-16-15-14(10-26-17(15)23-11-22-16)12-2-4-13(19)5-3-12/h2-6,8,10-11H,7,9H2,1H3,(H,20,22,23). The van der Waals surface area contributed by atoms with E-state index in [0.717, 1.165) is 44.6 Å². The van der Waals surface area contributed by atoms with Crippen LogP contribution < -0.4 is 5.32 Å². The number of thiophene rings is 1. The fourth-order valence-electron chi connectivity index (χ4n) is 2.65. The highest BCUT2D eigenvalue weighted by Gasteiger charge is 2.13. The Morgan fingerprint density at radius 2 is 2.04 bits per heavy atom. The van der Waals surface area contributed by atoms with Gasteiger partial charge in [0.25, 0.3) is 0 Å². The van der Waals surface area contributed by atoms with Crippen molar-refractivity contribution in [3.05, 3.63) is 54.2 Å². The van der Waals surface area contributed by atoms with E-state index in [0.29, 0.717) is 0 Å². The normalized spacial score (nSPS) is 11.2. The molecule has 0 saturated carbocycles. The Morgan fingerprint density at radius 3 is 2.81 bits per heavy atom. The number of benzene rings is 1. The van der Waals surface area contributed by atoms with E-state index in [1.165, 1.54) is 12.1 Å². The third-order valence-electron chi connectivity index (χ3n) is 3.93. The Balaban J connectivity index is 1.54. The molecule has 0 aliphatic carbocycles. The van der Waals surface area contributed by atoms with Gasteiger partial charge in [0.05, 0.1) is 5.39 Å². The predicted molar refractivity (Wildman–Crippen MR) is 105 cm³/mol. The molecule has 5 nitrogen and oxygen atoms in total. The summed E-state index contributed by atoms with van der Waals surface area (Å²) < 4.78 is 15.2. The van der Waals surface area contributed by atoms with Crippen LogP contribution in [0.15, 0.2) is 53.5 Å². The van der Waals surface area contributed by atoms with E-state index in [1.54, 1.807) is 47.8 Å². The molecular formula is C18H16FN5S2. The van der Waals surface area contributed by atoms with Crippen molar-refractivity contribution >= 4 is 39.1 Å². The average molecular weight is 385 g/mol. The maximum absolute atomic E-state index is 13.2. The fourth-order valence-corrected chi connectivity index (χ4v) is 4.36. The van der Waals surface area contributed by atoms with Crippen LogP contribution in [0.5, 0.6) is 0 Å². The van der Waals surface area contributed by atoms with Gasteiger partial charge in [-0.05, 0) is 17.7 Å². The summed E-state index contributed by atoms with van der Waals surface area (Å²) in [7, 11) is 1.98. The molecule has 0 spiro atoms. The topological polar surface area (TPSA) is 55.6 Å². The molecule has 0 aliphatic rings. The second kappa shape index (κ2) is 7.43. The molecule has 0 unspecified atom stereocenters. The summed E-state index contributed by atoms with van der Waals surface area (Å²) in [6, 6.07) is 6.51. The summed E-state index contributed by atoms with van der Waals surface area (Å²) in [6.45, 7) is 0.752. The molecule has 0 aliphatic heterocycles.